The van der Waals surface area contributed by atoms with Crippen molar-refractivity contribution in [3.8, 4) is 0 Å². The molecule has 5 nitrogen and oxygen atoms in total. The number of nitrogens with two attached hydrogens (primary N) is 1. The third kappa shape index (κ3) is 3.96. The van der Waals surface area contributed by atoms with Crippen molar-refractivity contribution in [3.05, 3.63) is 48.3 Å². The summed E-state index contributed by atoms with van der Waals surface area (Å²) < 4.78 is 0. The number of amides is 1. The van der Waals surface area contributed by atoms with Crippen LogP contribution >= 0.6 is 11.8 Å². The van der Waals surface area contributed by atoms with E-state index in [-0.39, 0.29) is 17.7 Å². The quantitative estimate of drug-likeness (QED) is 0.823. The highest BCUT2D eigenvalue weighted by Crippen LogP contribution is 2.19. The van der Waals surface area contributed by atoms with Crippen LogP contribution in [0.25, 0.3) is 0 Å². The van der Waals surface area contributed by atoms with Gasteiger partial charge >= 0.3 is 0 Å². The number of nitrogen functional groups attached to an aromatic ring is 1. The second-order valence-electron chi connectivity index (χ2n) is 4.24. The molecule has 104 valence electrons. The highest BCUT2D eigenvalue weighted by molar-refractivity contribution is 8.00. The zero-order valence-electron chi connectivity index (χ0n) is 11.1. The summed E-state index contributed by atoms with van der Waals surface area (Å²) in [5.41, 5.74) is 6.75. The lowest BCUT2D eigenvalue weighted by Crippen LogP contribution is -2.28. The fraction of sp³-hybridized carbons (Fsp3) is 0.214. The lowest BCUT2D eigenvalue weighted by atomic mass is 10.1. The number of rotatable bonds is 5. The summed E-state index contributed by atoms with van der Waals surface area (Å²) >= 11 is 1.28. The standard InChI is InChI=1S/C14H16N4OS/c1-10(11-5-3-2-4-6-11)18-12(19)9-20-14-13(15)16-7-8-17-14/h2-8,10H,9H2,1H3,(H2,15,16)(H,18,19). The molecule has 1 aromatic heterocycles. The zero-order chi connectivity index (χ0) is 14.4. The average molecular weight is 288 g/mol. The number of aromatic nitrogens is 2. The molecule has 0 aliphatic heterocycles. The van der Waals surface area contributed by atoms with E-state index >= 15 is 0 Å². The highest BCUT2D eigenvalue weighted by Gasteiger charge is 2.11. The summed E-state index contributed by atoms with van der Waals surface area (Å²) in [5, 5.41) is 3.52. The molecule has 0 spiro atoms. The minimum atomic E-state index is -0.0589. The van der Waals surface area contributed by atoms with E-state index < -0.39 is 0 Å². The number of nitrogens with one attached hydrogen (secondary N) is 1. The van der Waals surface area contributed by atoms with Gasteiger partial charge in [-0.05, 0) is 12.5 Å². The Morgan fingerprint density at radius 1 is 1.30 bits per heavy atom. The summed E-state index contributed by atoms with van der Waals surface area (Å²) in [4.78, 5) is 19.9. The lowest BCUT2D eigenvalue weighted by molar-refractivity contribution is -0.119. The number of hydrogen-bond acceptors (Lipinski definition) is 5. The van der Waals surface area contributed by atoms with Crippen LogP contribution in [0.15, 0.2) is 47.8 Å². The van der Waals surface area contributed by atoms with Gasteiger partial charge in [0.05, 0.1) is 11.8 Å². The van der Waals surface area contributed by atoms with Crippen molar-refractivity contribution >= 4 is 23.5 Å². The molecule has 0 aliphatic carbocycles. The topological polar surface area (TPSA) is 80.9 Å². The van der Waals surface area contributed by atoms with Crippen LogP contribution in [0.2, 0.25) is 0 Å². The van der Waals surface area contributed by atoms with Crippen molar-refractivity contribution in [2.75, 3.05) is 11.5 Å². The SMILES string of the molecule is CC(NC(=O)CSc1nccnc1N)c1ccccc1. The van der Waals surface area contributed by atoms with Crippen LogP contribution in [0.1, 0.15) is 18.5 Å². The van der Waals surface area contributed by atoms with Crippen molar-refractivity contribution in [1.82, 2.24) is 15.3 Å². The van der Waals surface area contributed by atoms with Gasteiger partial charge in [0, 0.05) is 12.4 Å². The first kappa shape index (κ1) is 14.3. The van der Waals surface area contributed by atoms with Crippen molar-refractivity contribution in [1.29, 1.82) is 0 Å². The first-order chi connectivity index (χ1) is 9.66. The van der Waals surface area contributed by atoms with Gasteiger partial charge in [0.1, 0.15) is 5.03 Å². The van der Waals surface area contributed by atoms with E-state index in [1.54, 1.807) is 6.20 Å². The fourth-order valence-corrected chi connectivity index (χ4v) is 2.38. The Morgan fingerprint density at radius 2 is 2.00 bits per heavy atom. The predicted molar refractivity (Wildman–Crippen MR) is 80.2 cm³/mol. The fourth-order valence-electron chi connectivity index (χ4n) is 1.69. The summed E-state index contributed by atoms with van der Waals surface area (Å²) in [6.07, 6.45) is 3.08. The van der Waals surface area contributed by atoms with E-state index in [0.29, 0.717) is 10.8 Å². The molecule has 20 heavy (non-hydrogen) atoms. The van der Waals surface area contributed by atoms with Gasteiger partial charge in [0.2, 0.25) is 5.91 Å². The Kier molecular flexibility index (Phi) is 4.95. The number of hydrogen-bond donors (Lipinski definition) is 2. The normalized spacial score (nSPS) is 11.8. The minimum absolute atomic E-state index is 0.0245. The molecule has 6 heteroatoms. The maximum Gasteiger partial charge on any atom is 0.230 e. The van der Waals surface area contributed by atoms with E-state index in [1.165, 1.54) is 18.0 Å². The van der Waals surface area contributed by atoms with E-state index in [0.717, 1.165) is 5.56 Å². The number of benzene rings is 1. The van der Waals surface area contributed by atoms with Gasteiger partial charge in [-0.2, -0.15) is 0 Å². The Balaban J connectivity index is 1.86. The molecular weight excluding hydrogens is 272 g/mol. The second-order valence-corrected chi connectivity index (χ2v) is 5.20. The van der Waals surface area contributed by atoms with Gasteiger partial charge in [0.25, 0.3) is 0 Å². The van der Waals surface area contributed by atoms with E-state index in [4.69, 9.17) is 5.73 Å². The van der Waals surface area contributed by atoms with Crippen LogP contribution in [0.4, 0.5) is 5.82 Å². The van der Waals surface area contributed by atoms with Crippen molar-refractivity contribution < 1.29 is 4.79 Å². The largest absolute Gasteiger partial charge is 0.381 e. The molecule has 1 unspecified atom stereocenters. The summed E-state index contributed by atoms with van der Waals surface area (Å²) in [6.45, 7) is 1.95. The molecule has 1 heterocycles. The highest BCUT2D eigenvalue weighted by atomic mass is 32.2. The predicted octanol–water partition coefficient (Wildman–Crippen LogP) is 2.03. The van der Waals surface area contributed by atoms with Gasteiger partial charge < -0.3 is 11.1 Å². The third-order valence-corrected chi connectivity index (χ3v) is 3.70. The number of carbonyl (C=O) groups excluding carboxylic acids is 1. The molecule has 3 N–H and O–H groups in total. The van der Waals surface area contributed by atoms with Gasteiger partial charge in [-0.1, -0.05) is 42.1 Å². The number of anilines is 1. The molecule has 0 fully saturated rings. The number of thioether (sulfide) groups is 1. The molecule has 1 atom stereocenters. The Morgan fingerprint density at radius 3 is 2.70 bits per heavy atom. The Hall–Kier alpha value is -2.08. The monoisotopic (exact) mass is 288 g/mol. The summed E-state index contributed by atoms with van der Waals surface area (Å²) in [5.74, 6) is 0.554. The molecular formula is C14H16N4OS. The van der Waals surface area contributed by atoms with E-state index in [9.17, 15) is 4.79 Å². The molecule has 0 radical (unpaired) electrons. The minimum Gasteiger partial charge on any atom is -0.381 e. The van der Waals surface area contributed by atoms with Gasteiger partial charge in [0.15, 0.2) is 5.82 Å². The molecule has 0 saturated heterocycles. The van der Waals surface area contributed by atoms with Gasteiger partial charge in [-0.3, -0.25) is 4.79 Å². The van der Waals surface area contributed by atoms with Crippen molar-refractivity contribution in [3.63, 3.8) is 0 Å². The average Bonchev–Trinajstić information content (AvgIpc) is 2.47. The third-order valence-electron chi connectivity index (χ3n) is 2.71. The van der Waals surface area contributed by atoms with Crippen LogP contribution < -0.4 is 11.1 Å². The molecule has 1 amide bonds. The Bertz CT molecular complexity index is 576. The molecule has 2 aromatic rings. The van der Waals surface area contributed by atoms with Gasteiger partial charge in [-0.15, -0.1) is 0 Å². The number of carbonyl (C=O) groups is 1. The number of nitrogens with zero attached hydrogens (tertiary/aromatic N) is 2. The molecule has 0 aliphatic rings. The molecule has 0 bridgehead atoms. The second kappa shape index (κ2) is 6.91. The Labute approximate surface area is 122 Å². The maximum absolute atomic E-state index is 11.9. The molecule has 2 rings (SSSR count). The smallest absolute Gasteiger partial charge is 0.230 e. The molecule has 1 aromatic carbocycles. The van der Waals surface area contributed by atoms with Crippen LogP contribution in [0.5, 0.6) is 0 Å². The van der Waals surface area contributed by atoms with Crippen molar-refractivity contribution in [2.45, 2.75) is 18.0 Å². The molecule has 0 saturated carbocycles. The van der Waals surface area contributed by atoms with Crippen LogP contribution in [0.3, 0.4) is 0 Å². The van der Waals surface area contributed by atoms with Crippen LogP contribution in [-0.4, -0.2) is 21.6 Å². The van der Waals surface area contributed by atoms with Gasteiger partial charge in [-0.25, -0.2) is 9.97 Å². The first-order valence-electron chi connectivity index (χ1n) is 6.20. The van der Waals surface area contributed by atoms with Crippen LogP contribution in [-0.2, 0) is 4.79 Å². The van der Waals surface area contributed by atoms with E-state index in [2.05, 4.69) is 15.3 Å². The summed E-state index contributed by atoms with van der Waals surface area (Å²) in [7, 11) is 0. The maximum atomic E-state index is 11.9. The van der Waals surface area contributed by atoms with Crippen LogP contribution in [0, 0.1) is 0 Å². The lowest BCUT2D eigenvalue weighted by Gasteiger charge is -2.14. The zero-order valence-corrected chi connectivity index (χ0v) is 11.9. The van der Waals surface area contributed by atoms with Crippen molar-refractivity contribution in [2.24, 2.45) is 0 Å². The first-order valence-corrected chi connectivity index (χ1v) is 7.19. The van der Waals surface area contributed by atoms with E-state index in [1.807, 2.05) is 37.3 Å². The summed E-state index contributed by atoms with van der Waals surface area (Å²) in [6, 6.07) is 9.80.